The Morgan fingerprint density at radius 1 is 1.53 bits per heavy atom. The molecule has 0 aromatic carbocycles. The Labute approximate surface area is 89.1 Å². The second-order valence-corrected chi connectivity index (χ2v) is 3.86. The Balaban J connectivity index is 2.26. The zero-order valence-corrected chi connectivity index (χ0v) is 8.90. The maximum Gasteiger partial charge on any atom is 0.155 e. The molecule has 4 nitrogen and oxygen atoms in total. The number of hydrogen-bond donors (Lipinski definition) is 0. The van der Waals surface area contributed by atoms with Gasteiger partial charge in [0.1, 0.15) is 11.9 Å². The maximum atomic E-state index is 8.98. The summed E-state index contributed by atoms with van der Waals surface area (Å²) in [5, 5.41) is 8.98. The summed E-state index contributed by atoms with van der Waals surface area (Å²) in [5.74, 6) is 1.38. The van der Waals surface area contributed by atoms with Gasteiger partial charge < -0.3 is 9.64 Å². The zero-order chi connectivity index (χ0) is 10.8. The van der Waals surface area contributed by atoms with E-state index in [2.05, 4.69) is 11.1 Å². The molecular weight excluding hydrogens is 190 g/mol. The summed E-state index contributed by atoms with van der Waals surface area (Å²) in [5.41, 5.74) is 0.556. The van der Waals surface area contributed by atoms with Crippen LogP contribution in [-0.2, 0) is 0 Å². The highest BCUT2D eigenvalue weighted by atomic mass is 16.5. The van der Waals surface area contributed by atoms with Crippen molar-refractivity contribution in [2.24, 2.45) is 0 Å². The van der Waals surface area contributed by atoms with E-state index in [4.69, 9.17) is 10.00 Å². The lowest BCUT2D eigenvalue weighted by Gasteiger charge is -2.13. The normalized spacial score (nSPS) is 14.5. The summed E-state index contributed by atoms with van der Waals surface area (Å²) in [7, 11) is 3.79. The predicted octanol–water partition coefficient (Wildman–Crippen LogP) is 1.56. The minimum Gasteiger partial charge on any atom is -0.487 e. The summed E-state index contributed by atoms with van der Waals surface area (Å²) in [6.45, 7) is 0. The summed E-state index contributed by atoms with van der Waals surface area (Å²) in [6.07, 6.45) is 4.09. The number of ether oxygens (including phenoxy) is 1. The van der Waals surface area contributed by atoms with Crippen molar-refractivity contribution in [1.82, 2.24) is 4.98 Å². The Bertz CT molecular complexity index is 405. The van der Waals surface area contributed by atoms with E-state index in [1.54, 1.807) is 12.3 Å². The number of nitriles is 1. The third-order valence-electron chi connectivity index (χ3n) is 2.25. The van der Waals surface area contributed by atoms with Gasteiger partial charge in [-0.05, 0) is 12.8 Å². The van der Waals surface area contributed by atoms with Crippen LogP contribution in [-0.4, -0.2) is 25.2 Å². The van der Waals surface area contributed by atoms with Gasteiger partial charge >= 0.3 is 0 Å². The molecule has 0 atom stereocenters. The number of rotatable bonds is 3. The SMILES string of the molecule is CN(C)c1cc(C#N)c(OC2CC2)cn1. The minimum absolute atomic E-state index is 0.295. The van der Waals surface area contributed by atoms with Crippen LogP contribution >= 0.6 is 0 Å². The van der Waals surface area contributed by atoms with E-state index < -0.39 is 0 Å². The molecule has 4 heteroatoms. The van der Waals surface area contributed by atoms with E-state index in [9.17, 15) is 0 Å². The Morgan fingerprint density at radius 3 is 2.80 bits per heavy atom. The van der Waals surface area contributed by atoms with E-state index in [0.717, 1.165) is 18.7 Å². The Kier molecular flexibility index (Phi) is 2.46. The van der Waals surface area contributed by atoms with Gasteiger partial charge in [-0.1, -0.05) is 0 Å². The number of anilines is 1. The molecule has 1 aromatic heterocycles. The van der Waals surface area contributed by atoms with Gasteiger partial charge in [0.05, 0.1) is 17.9 Å². The molecule has 78 valence electrons. The van der Waals surface area contributed by atoms with Crippen LogP contribution in [0.15, 0.2) is 12.3 Å². The van der Waals surface area contributed by atoms with Crippen molar-refractivity contribution < 1.29 is 4.74 Å². The molecule has 0 bridgehead atoms. The fraction of sp³-hybridized carbons (Fsp3) is 0.455. The third kappa shape index (κ3) is 2.18. The van der Waals surface area contributed by atoms with Crippen LogP contribution in [0, 0.1) is 11.3 Å². The number of aromatic nitrogens is 1. The average Bonchev–Trinajstić information content (AvgIpc) is 3.02. The Hall–Kier alpha value is -1.76. The largest absolute Gasteiger partial charge is 0.487 e. The molecule has 1 aromatic rings. The number of nitrogens with zero attached hydrogens (tertiary/aromatic N) is 3. The van der Waals surface area contributed by atoms with E-state index >= 15 is 0 Å². The molecule has 1 aliphatic carbocycles. The van der Waals surface area contributed by atoms with E-state index in [1.807, 2.05) is 19.0 Å². The van der Waals surface area contributed by atoms with Gasteiger partial charge in [-0.2, -0.15) is 5.26 Å². The van der Waals surface area contributed by atoms with Gasteiger partial charge in [0.2, 0.25) is 0 Å². The quantitative estimate of drug-likeness (QED) is 0.748. The summed E-state index contributed by atoms with van der Waals surface area (Å²) < 4.78 is 5.58. The van der Waals surface area contributed by atoms with Gasteiger partial charge in [0, 0.05) is 20.2 Å². The van der Waals surface area contributed by atoms with Crippen LogP contribution in [0.25, 0.3) is 0 Å². The first-order valence-corrected chi connectivity index (χ1v) is 4.95. The van der Waals surface area contributed by atoms with Crippen molar-refractivity contribution in [3.63, 3.8) is 0 Å². The first-order chi connectivity index (χ1) is 7.20. The standard InChI is InChI=1S/C11H13N3O/c1-14(2)11-5-8(6-12)10(7-13-11)15-9-3-4-9/h5,7,9H,3-4H2,1-2H3. The Morgan fingerprint density at radius 2 is 2.27 bits per heavy atom. The second kappa shape index (κ2) is 3.77. The van der Waals surface area contributed by atoms with Crippen LogP contribution in [0.3, 0.4) is 0 Å². The first kappa shape index (κ1) is 9.78. The van der Waals surface area contributed by atoms with E-state index in [-0.39, 0.29) is 0 Å². The minimum atomic E-state index is 0.295. The van der Waals surface area contributed by atoms with Crippen molar-refractivity contribution in [2.75, 3.05) is 19.0 Å². The van der Waals surface area contributed by atoms with Crippen LogP contribution in [0.5, 0.6) is 5.75 Å². The second-order valence-electron chi connectivity index (χ2n) is 3.86. The third-order valence-corrected chi connectivity index (χ3v) is 2.25. The molecule has 1 heterocycles. The van der Waals surface area contributed by atoms with Crippen LogP contribution in [0.1, 0.15) is 18.4 Å². The number of pyridine rings is 1. The molecular formula is C11H13N3O. The van der Waals surface area contributed by atoms with Crippen LogP contribution in [0.4, 0.5) is 5.82 Å². The van der Waals surface area contributed by atoms with Gasteiger partial charge in [0.15, 0.2) is 5.75 Å². The monoisotopic (exact) mass is 203 g/mol. The molecule has 0 amide bonds. The van der Waals surface area contributed by atoms with Crippen molar-refractivity contribution in [3.05, 3.63) is 17.8 Å². The first-order valence-electron chi connectivity index (χ1n) is 4.95. The molecule has 2 rings (SSSR count). The van der Waals surface area contributed by atoms with Gasteiger partial charge in [-0.25, -0.2) is 4.98 Å². The lowest BCUT2D eigenvalue weighted by Crippen LogP contribution is -2.11. The van der Waals surface area contributed by atoms with E-state index in [1.165, 1.54) is 0 Å². The fourth-order valence-electron chi connectivity index (χ4n) is 1.22. The molecule has 1 aliphatic rings. The molecule has 0 aliphatic heterocycles. The van der Waals surface area contributed by atoms with Gasteiger partial charge in [-0.15, -0.1) is 0 Å². The zero-order valence-electron chi connectivity index (χ0n) is 8.90. The molecule has 0 radical (unpaired) electrons. The highest BCUT2D eigenvalue weighted by molar-refractivity contribution is 5.50. The van der Waals surface area contributed by atoms with Crippen molar-refractivity contribution in [2.45, 2.75) is 18.9 Å². The summed E-state index contributed by atoms with van der Waals surface area (Å²) in [6, 6.07) is 3.88. The van der Waals surface area contributed by atoms with Crippen molar-refractivity contribution in [3.8, 4) is 11.8 Å². The summed E-state index contributed by atoms with van der Waals surface area (Å²) in [4.78, 5) is 6.08. The topological polar surface area (TPSA) is 49.2 Å². The van der Waals surface area contributed by atoms with Crippen LogP contribution < -0.4 is 9.64 Å². The fourth-order valence-corrected chi connectivity index (χ4v) is 1.22. The average molecular weight is 203 g/mol. The maximum absolute atomic E-state index is 8.98. The van der Waals surface area contributed by atoms with Crippen molar-refractivity contribution in [1.29, 1.82) is 5.26 Å². The molecule has 0 spiro atoms. The number of hydrogen-bond acceptors (Lipinski definition) is 4. The predicted molar refractivity (Wildman–Crippen MR) is 56.9 cm³/mol. The van der Waals surface area contributed by atoms with Crippen molar-refractivity contribution >= 4 is 5.82 Å². The molecule has 0 unspecified atom stereocenters. The highest BCUT2D eigenvalue weighted by Crippen LogP contribution is 2.29. The summed E-state index contributed by atoms with van der Waals surface area (Å²) >= 11 is 0. The smallest absolute Gasteiger partial charge is 0.155 e. The molecule has 0 N–H and O–H groups in total. The molecule has 1 saturated carbocycles. The van der Waals surface area contributed by atoms with Crippen LogP contribution in [0.2, 0.25) is 0 Å². The van der Waals surface area contributed by atoms with Gasteiger partial charge in [0.25, 0.3) is 0 Å². The lowest BCUT2D eigenvalue weighted by atomic mass is 10.2. The molecule has 15 heavy (non-hydrogen) atoms. The molecule has 1 fully saturated rings. The lowest BCUT2D eigenvalue weighted by molar-refractivity contribution is 0.301. The molecule has 0 saturated heterocycles. The highest BCUT2D eigenvalue weighted by Gasteiger charge is 2.24. The van der Waals surface area contributed by atoms with E-state index in [0.29, 0.717) is 17.4 Å². The van der Waals surface area contributed by atoms with Gasteiger partial charge in [-0.3, -0.25) is 0 Å².